The van der Waals surface area contributed by atoms with Crippen LogP contribution in [0.5, 0.6) is 0 Å². The number of amides is 1. The van der Waals surface area contributed by atoms with Crippen molar-refractivity contribution in [3.8, 4) is 0 Å². The summed E-state index contributed by atoms with van der Waals surface area (Å²) in [6, 6.07) is 7.25. The Bertz CT molecular complexity index is 660. The SMILES string of the molecule is CS(=O)(=O)N(CCc1cccc(Cl)c1)CC(=O)NCC1CCCO1. The first-order valence-electron chi connectivity index (χ1n) is 7.92. The van der Waals surface area contributed by atoms with Gasteiger partial charge in [-0.2, -0.15) is 4.31 Å². The highest BCUT2D eigenvalue weighted by molar-refractivity contribution is 7.88. The van der Waals surface area contributed by atoms with Gasteiger partial charge in [-0.3, -0.25) is 4.79 Å². The highest BCUT2D eigenvalue weighted by Crippen LogP contribution is 2.13. The van der Waals surface area contributed by atoms with E-state index >= 15 is 0 Å². The van der Waals surface area contributed by atoms with Crippen LogP contribution >= 0.6 is 11.6 Å². The maximum atomic E-state index is 12.0. The van der Waals surface area contributed by atoms with E-state index in [0.717, 1.165) is 31.3 Å². The van der Waals surface area contributed by atoms with Gasteiger partial charge in [0.15, 0.2) is 0 Å². The van der Waals surface area contributed by atoms with Crippen LogP contribution in [0.4, 0.5) is 0 Å². The third-order valence-corrected chi connectivity index (χ3v) is 5.36. The predicted molar refractivity (Wildman–Crippen MR) is 93.6 cm³/mol. The van der Waals surface area contributed by atoms with Crippen molar-refractivity contribution in [2.24, 2.45) is 0 Å². The van der Waals surface area contributed by atoms with Crippen molar-refractivity contribution in [1.82, 2.24) is 9.62 Å². The number of ether oxygens (including phenoxy) is 1. The van der Waals surface area contributed by atoms with Crippen LogP contribution in [0.1, 0.15) is 18.4 Å². The molecule has 1 fully saturated rings. The zero-order valence-electron chi connectivity index (χ0n) is 13.7. The summed E-state index contributed by atoms with van der Waals surface area (Å²) >= 11 is 5.93. The van der Waals surface area contributed by atoms with E-state index in [1.165, 1.54) is 4.31 Å². The van der Waals surface area contributed by atoms with Gasteiger partial charge >= 0.3 is 0 Å². The van der Waals surface area contributed by atoms with Crippen LogP contribution in [0.3, 0.4) is 0 Å². The van der Waals surface area contributed by atoms with Crippen molar-refractivity contribution in [3.63, 3.8) is 0 Å². The molecule has 1 heterocycles. The average Bonchev–Trinajstić information content (AvgIpc) is 3.01. The largest absolute Gasteiger partial charge is 0.376 e. The van der Waals surface area contributed by atoms with E-state index in [1.807, 2.05) is 12.1 Å². The molecule has 0 radical (unpaired) electrons. The van der Waals surface area contributed by atoms with Crippen molar-refractivity contribution in [2.45, 2.75) is 25.4 Å². The Morgan fingerprint density at radius 3 is 2.88 bits per heavy atom. The minimum atomic E-state index is -3.47. The second-order valence-electron chi connectivity index (χ2n) is 5.92. The summed E-state index contributed by atoms with van der Waals surface area (Å²) in [7, 11) is -3.47. The molecule has 1 aliphatic rings. The maximum Gasteiger partial charge on any atom is 0.235 e. The number of carbonyl (C=O) groups is 1. The van der Waals surface area contributed by atoms with E-state index in [-0.39, 0.29) is 25.1 Å². The molecular formula is C16H23ClN2O4S. The lowest BCUT2D eigenvalue weighted by Crippen LogP contribution is -2.43. The van der Waals surface area contributed by atoms with Gasteiger partial charge in [0, 0.05) is 24.7 Å². The van der Waals surface area contributed by atoms with E-state index < -0.39 is 10.0 Å². The Hall–Kier alpha value is -1.15. The fourth-order valence-electron chi connectivity index (χ4n) is 2.56. The fourth-order valence-corrected chi connectivity index (χ4v) is 3.55. The molecule has 0 saturated carbocycles. The maximum absolute atomic E-state index is 12.0. The first-order valence-corrected chi connectivity index (χ1v) is 10.1. The van der Waals surface area contributed by atoms with Gasteiger partial charge in [-0.1, -0.05) is 23.7 Å². The number of hydrogen-bond donors (Lipinski definition) is 1. The van der Waals surface area contributed by atoms with Crippen LogP contribution < -0.4 is 5.32 Å². The van der Waals surface area contributed by atoms with E-state index in [2.05, 4.69) is 5.32 Å². The van der Waals surface area contributed by atoms with E-state index in [0.29, 0.717) is 18.0 Å². The second-order valence-corrected chi connectivity index (χ2v) is 8.33. The lowest BCUT2D eigenvalue weighted by atomic mass is 10.1. The molecule has 134 valence electrons. The van der Waals surface area contributed by atoms with Gasteiger partial charge < -0.3 is 10.1 Å². The smallest absolute Gasteiger partial charge is 0.235 e. The Morgan fingerprint density at radius 2 is 2.25 bits per heavy atom. The van der Waals surface area contributed by atoms with Gasteiger partial charge in [0.2, 0.25) is 15.9 Å². The molecule has 1 unspecified atom stereocenters. The molecule has 1 atom stereocenters. The summed E-state index contributed by atoms with van der Waals surface area (Å²) in [4.78, 5) is 12.0. The van der Waals surface area contributed by atoms with Crippen molar-refractivity contribution in [1.29, 1.82) is 0 Å². The van der Waals surface area contributed by atoms with Crippen LogP contribution in [0.2, 0.25) is 5.02 Å². The Morgan fingerprint density at radius 1 is 1.46 bits per heavy atom. The zero-order valence-corrected chi connectivity index (χ0v) is 15.3. The molecule has 1 N–H and O–H groups in total. The molecule has 0 spiro atoms. The molecule has 24 heavy (non-hydrogen) atoms. The molecule has 1 saturated heterocycles. The number of rotatable bonds is 8. The van der Waals surface area contributed by atoms with E-state index in [4.69, 9.17) is 16.3 Å². The monoisotopic (exact) mass is 374 g/mol. The number of halogens is 1. The molecule has 0 aliphatic carbocycles. The van der Waals surface area contributed by atoms with Gasteiger partial charge in [0.1, 0.15) is 0 Å². The average molecular weight is 375 g/mol. The lowest BCUT2D eigenvalue weighted by molar-refractivity contribution is -0.121. The van der Waals surface area contributed by atoms with Crippen molar-refractivity contribution < 1.29 is 17.9 Å². The van der Waals surface area contributed by atoms with Crippen LogP contribution in [-0.2, 0) is 26.0 Å². The molecule has 1 aliphatic heterocycles. The first kappa shape index (κ1) is 19.2. The summed E-state index contributed by atoms with van der Waals surface area (Å²) in [5, 5.41) is 3.35. The topological polar surface area (TPSA) is 75.7 Å². The van der Waals surface area contributed by atoms with Crippen LogP contribution in [-0.4, -0.2) is 57.2 Å². The predicted octanol–water partition coefficient (Wildman–Crippen LogP) is 1.44. The van der Waals surface area contributed by atoms with Gasteiger partial charge in [0.25, 0.3) is 0 Å². The Balaban J connectivity index is 1.87. The summed E-state index contributed by atoms with van der Waals surface area (Å²) in [6.07, 6.45) is 3.55. The molecule has 2 rings (SSSR count). The highest BCUT2D eigenvalue weighted by atomic mass is 35.5. The van der Waals surface area contributed by atoms with Gasteiger partial charge in [0.05, 0.1) is 18.9 Å². The number of benzene rings is 1. The molecular weight excluding hydrogens is 352 g/mol. The minimum Gasteiger partial charge on any atom is -0.376 e. The van der Waals surface area contributed by atoms with Crippen molar-refractivity contribution in [3.05, 3.63) is 34.9 Å². The second kappa shape index (κ2) is 8.80. The normalized spacial score (nSPS) is 18.0. The van der Waals surface area contributed by atoms with E-state index in [1.54, 1.807) is 12.1 Å². The van der Waals surface area contributed by atoms with Gasteiger partial charge in [-0.15, -0.1) is 0 Å². The molecule has 0 aromatic heterocycles. The van der Waals surface area contributed by atoms with Crippen LogP contribution in [0.25, 0.3) is 0 Å². The number of hydrogen-bond acceptors (Lipinski definition) is 4. The van der Waals surface area contributed by atoms with Crippen molar-refractivity contribution in [2.75, 3.05) is 32.5 Å². The molecule has 1 amide bonds. The molecule has 1 aromatic carbocycles. The van der Waals surface area contributed by atoms with Crippen molar-refractivity contribution >= 4 is 27.5 Å². The minimum absolute atomic E-state index is 0.0343. The summed E-state index contributed by atoms with van der Waals surface area (Å²) < 4.78 is 30.4. The van der Waals surface area contributed by atoms with Gasteiger partial charge in [-0.05, 0) is 37.0 Å². The molecule has 1 aromatic rings. The quantitative estimate of drug-likeness (QED) is 0.747. The molecule has 8 heteroatoms. The summed E-state index contributed by atoms with van der Waals surface area (Å²) in [5.41, 5.74) is 0.927. The number of carbonyl (C=O) groups excluding carboxylic acids is 1. The first-order chi connectivity index (χ1) is 11.3. The molecule has 6 nitrogen and oxygen atoms in total. The number of nitrogens with one attached hydrogen (secondary N) is 1. The molecule has 0 bridgehead atoms. The third-order valence-electron chi connectivity index (χ3n) is 3.88. The Labute approximate surface area is 148 Å². The highest BCUT2D eigenvalue weighted by Gasteiger charge is 2.21. The number of sulfonamides is 1. The fraction of sp³-hybridized carbons (Fsp3) is 0.562. The van der Waals surface area contributed by atoms with Crippen LogP contribution in [0, 0.1) is 0 Å². The number of nitrogens with zero attached hydrogens (tertiary/aromatic N) is 1. The third kappa shape index (κ3) is 6.39. The lowest BCUT2D eigenvalue weighted by Gasteiger charge is -2.20. The van der Waals surface area contributed by atoms with E-state index in [9.17, 15) is 13.2 Å². The van der Waals surface area contributed by atoms with Gasteiger partial charge in [-0.25, -0.2) is 8.42 Å². The summed E-state index contributed by atoms with van der Waals surface area (Å²) in [6.45, 7) is 1.18. The summed E-state index contributed by atoms with van der Waals surface area (Å²) in [5.74, 6) is -0.318. The standard InChI is InChI=1S/C16H23ClN2O4S/c1-24(21,22)19(8-7-13-4-2-5-14(17)10-13)12-16(20)18-11-15-6-3-9-23-15/h2,4-5,10,15H,3,6-9,11-12H2,1H3,(H,18,20). The Kier molecular flexibility index (Phi) is 7.03. The van der Waals surface area contributed by atoms with Crippen LogP contribution in [0.15, 0.2) is 24.3 Å². The zero-order chi connectivity index (χ0) is 17.6.